The number of benzene rings is 1. The molecule has 0 spiro atoms. The van der Waals surface area contributed by atoms with Crippen LogP contribution in [0.4, 0.5) is 10.5 Å². The van der Waals surface area contributed by atoms with Crippen LogP contribution < -0.4 is 20.1 Å². The molecular weight excluding hydrogens is 232 g/mol. The van der Waals surface area contributed by atoms with Gasteiger partial charge in [-0.15, -0.1) is 0 Å². The first kappa shape index (κ1) is 14.2. The van der Waals surface area contributed by atoms with Gasteiger partial charge in [0.25, 0.3) is 0 Å². The zero-order chi connectivity index (χ0) is 13.5. The van der Waals surface area contributed by atoms with Gasteiger partial charge in [-0.3, -0.25) is 0 Å². The van der Waals surface area contributed by atoms with E-state index in [-0.39, 0.29) is 12.1 Å². The third-order valence-corrected chi connectivity index (χ3v) is 2.63. The summed E-state index contributed by atoms with van der Waals surface area (Å²) in [6, 6.07) is 5.14. The molecule has 18 heavy (non-hydrogen) atoms. The lowest BCUT2D eigenvalue weighted by Crippen LogP contribution is -2.35. The van der Waals surface area contributed by atoms with Crippen molar-refractivity contribution in [3.63, 3.8) is 0 Å². The van der Waals surface area contributed by atoms with E-state index in [1.807, 2.05) is 13.8 Å². The van der Waals surface area contributed by atoms with Crippen molar-refractivity contribution in [1.82, 2.24) is 5.32 Å². The van der Waals surface area contributed by atoms with Gasteiger partial charge in [-0.25, -0.2) is 4.79 Å². The molecule has 0 bridgehead atoms. The molecule has 2 N–H and O–H groups in total. The average Bonchev–Trinajstić information content (AvgIpc) is 2.38. The second kappa shape index (κ2) is 6.74. The van der Waals surface area contributed by atoms with Gasteiger partial charge in [-0.2, -0.15) is 0 Å². The van der Waals surface area contributed by atoms with Crippen molar-refractivity contribution in [2.75, 3.05) is 19.5 Å². The molecular formula is C13H20N2O3. The SMILES string of the molecule is CCC(C)NC(=O)Nc1ccc(OC)c(OC)c1. The Balaban J connectivity index is 2.70. The van der Waals surface area contributed by atoms with Gasteiger partial charge >= 0.3 is 6.03 Å². The van der Waals surface area contributed by atoms with Gasteiger partial charge in [0.15, 0.2) is 11.5 Å². The van der Waals surface area contributed by atoms with Crippen LogP contribution in [0.2, 0.25) is 0 Å². The van der Waals surface area contributed by atoms with Gasteiger partial charge in [0, 0.05) is 17.8 Å². The van der Waals surface area contributed by atoms with E-state index in [4.69, 9.17) is 9.47 Å². The van der Waals surface area contributed by atoms with Crippen LogP contribution in [0.15, 0.2) is 18.2 Å². The molecule has 5 heteroatoms. The average molecular weight is 252 g/mol. The van der Waals surface area contributed by atoms with Gasteiger partial charge in [0.05, 0.1) is 14.2 Å². The molecule has 100 valence electrons. The van der Waals surface area contributed by atoms with E-state index in [0.29, 0.717) is 17.2 Å². The second-order valence-corrected chi connectivity index (χ2v) is 3.98. The number of amides is 2. The molecule has 0 radical (unpaired) electrons. The number of carbonyl (C=O) groups is 1. The monoisotopic (exact) mass is 252 g/mol. The normalized spacial score (nSPS) is 11.6. The highest BCUT2D eigenvalue weighted by Crippen LogP contribution is 2.29. The minimum atomic E-state index is -0.225. The van der Waals surface area contributed by atoms with Crippen molar-refractivity contribution >= 4 is 11.7 Å². The maximum atomic E-state index is 11.6. The van der Waals surface area contributed by atoms with Crippen molar-refractivity contribution in [2.24, 2.45) is 0 Å². The fourth-order valence-corrected chi connectivity index (χ4v) is 1.41. The summed E-state index contributed by atoms with van der Waals surface area (Å²) < 4.78 is 10.3. The third-order valence-electron chi connectivity index (χ3n) is 2.63. The lowest BCUT2D eigenvalue weighted by Gasteiger charge is -2.14. The Bertz CT molecular complexity index is 407. The molecule has 1 rings (SSSR count). The molecule has 0 aliphatic rings. The number of hydrogen-bond acceptors (Lipinski definition) is 3. The topological polar surface area (TPSA) is 59.6 Å². The highest BCUT2D eigenvalue weighted by molar-refractivity contribution is 5.89. The van der Waals surface area contributed by atoms with Crippen LogP contribution in [0.3, 0.4) is 0 Å². The van der Waals surface area contributed by atoms with Gasteiger partial charge < -0.3 is 20.1 Å². The number of nitrogens with one attached hydrogen (secondary N) is 2. The summed E-state index contributed by atoms with van der Waals surface area (Å²) in [5.41, 5.74) is 0.661. The molecule has 0 heterocycles. The maximum Gasteiger partial charge on any atom is 0.319 e. The standard InChI is InChI=1S/C13H20N2O3/c1-5-9(2)14-13(16)15-10-6-7-11(17-3)12(8-10)18-4/h6-9H,5H2,1-4H3,(H2,14,15,16). The summed E-state index contributed by atoms with van der Waals surface area (Å²) in [6.07, 6.45) is 0.888. The molecule has 5 nitrogen and oxygen atoms in total. The number of rotatable bonds is 5. The molecule has 0 saturated heterocycles. The molecule has 0 fully saturated rings. The molecule has 0 aromatic heterocycles. The Morgan fingerprint density at radius 3 is 2.50 bits per heavy atom. The fraction of sp³-hybridized carbons (Fsp3) is 0.462. The Kier molecular flexibility index (Phi) is 5.30. The van der Waals surface area contributed by atoms with Crippen LogP contribution in [0.1, 0.15) is 20.3 Å². The van der Waals surface area contributed by atoms with E-state index >= 15 is 0 Å². The van der Waals surface area contributed by atoms with Crippen LogP contribution in [0, 0.1) is 0 Å². The fourth-order valence-electron chi connectivity index (χ4n) is 1.41. The van der Waals surface area contributed by atoms with E-state index < -0.39 is 0 Å². The zero-order valence-corrected chi connectivity index (χ0v) is 11.2. The van der Waals surface area contributed by atoms with Gasteiger partial charge in [-0.05, 0) is 25.5 Å². The first-order valence-corrected chi connectivity index (χ1v) is 5.90. The zero-order valence-electron chi connectivity index (χ0n) is 11.2. The van der Waals surface area contributed by atoms with E-state index in [0.717, 1.165) is 6.42 Å². The quantitative estimate of drug-likeness (QED) is 0.847. The minimum Gasteiger partial charge on any atom is -0.493 e. The highest BCUT2D eigenvalue weighted by atomic mass is 16.5. The maximum absolute atomic E-state index is 11.6. The van der Waals surface area contributed by atoms with Crippen LogP contribution >= 0.6 is 0 Å². The molecule has 0 aliphatic carbocycles. The van der Waals surface area contributed by atoms with Gasteiger partial charge in [-0.1, -0.05) is 6.92 Å². The van der Waals surface area contributed by atoms with Crippen molar-refractivity contribution in [3.05, 3.63) is 18.2 Å². The molecule has 1 aromatic rings. The lowest BCUT2D eigenvalue weighted by atomic mass is 10.2. The predicted octanol–water partition coefficient (Wildman–Crippen LogP) is 2.62. The number of urea groups is 1. The van der Waals surface area contributed by atoms with Crippen molar-refractivity contribution < 1.29 is 14.3 Å². The first-order chi connectivity index (χ1) is 8.60. The summed E-state index contributed by atoms with van der Waals surface area (Å²) in [4.78, 5) is 11.6. The van der Waals surface area contributed by atoms with E-state index in [1.54, 1.807) is 32.4 Å². The Morgan fingerprint density at radius 2 is 1.94 bits per heavy atom. The Hall–Kier alpha value is -1.91. The molecule has 2 amide bonds. The number of carbonyl (C=O) groups excluding carboxylic acids is 1. The molecule has 0 saturated carbocycles. The molecule has 1 atom stereocenters. The van der Waals surface area contributed by atoms with E-state index in [1.165, 1.54) is 0 Å². The Morgan fingerprint density at radius 1 is 1.28 bits per heavy atom. The summed E-state index contributed by atoms with van der Waals surface area (Å²) in [7, 11) is 3.13. The summed E-state index contributed by atoms with van der Waals surface area (Å²) in [5, 5.41) is 5.57. The highest BCUT2D eigenvalue weighted by Gasteiger charge is 2.08. The van der Waals surface area contributed by atoms with Crippen LogP contribution in [0.25, 0.3) is 0 Å². The number of ether oxygens (including phenoxy) is 2. The molecule has 1 aromatic carbocycles. The van der Waals surface area contributed by atoms with Crippen LogP contribution in [-0.2, 0) is 0 Å². The summed E-state index contributed by atoms with van der Waals surface area (Å²) in [5.74, 6) is 1.21. The predicted molar refractivity (Wildman–Crippen MR) is 71.5 cm³/mol. The minimum absolute atomic E-state index is 0.144. The second-order valence-electron chi connectivity index (χ2n) is 3.98. The number of anilines is 1. The smallest absolute Gasteiger partial charge is 0.319 e. The van der Waals surface area contributed by atoms with Crippen LogP contribution in [-0.4, -0.2) is 26.3 Å². The summed E-state index contributed by atoms with van der Waals surface area (Å²) in [6.45, 7) is 3.97. The van der Waals surface area contributed by atoms with Crippen LogP contribution in [0.5, 0.6) is 11.5 Å². The Labute approximate surface area is 107 Å². The lowest BCUT2D eigenvalue weighted by molar-refractivity contribution is 0.249. The number of hydrogen-bond donors (Lipinski definition) is 2. The third kappa shape index (κ3) is 3.84. The van der Waals surface area contributed by atoms with Crippen molar-refractivity contribution in [3.8, 4) is 11.5 Å². The number of methoxy groups -OCH3 is 2. The van der Waals surface area contributed by atoms with Gasteiger partial charge in [0.1, 0.15) is 0 Å². The molecule has 1 unspecified atom stereocenters. The largest absolute Gasteiger partial charge is 0.493 e. The van der Waals surface area contributed by atoms with Crippen molar-refractivity contribution in [2.45, 2.75) is 26.3 Å². The summed E-state index contributed by atoms with van der Waals surface area (Å²) >= 11 is 0. The van der Waals surface area contributed by atoms with Gasteiger partial charge in [0.2, 0.25) is 0 Å². The van der Waals surface area contributed by atoms with E-state index in [2.05, 4.69) is 10.6 Å². The van der Waals surface area contributed by atoms with Crippen molar-refractivity contribution in [1.29, 1.82) is 0 Å². The molecule has 0 aliphatic heterocycles. The van der Waals surface area contributed by atoms with E-state index in [9.17, 15) is 4.79 Å². The first-order valence-electron chi connectivity index (χ1n) is 5.90.